The van der Waals surface area contributed by atoms with Crippen molar-refractivity contribution in [3.63, 3.8) is 0 Å². The number of aromatic hydroxyl groups is 2. The van der Waals surface area contributed by atoms with Gasteiger partial charge in [-0.2, -0.15) is 10.2 Å². The first-order chi connectivity index (χ1) is 24.9. The molecule has 4 aromatic rings. The molecule has 0 aliphatic carbocycles. The van der Waals surface area contributed by atoms with Crippen LogP contribution in [0, 0.1) is 0 Å². The molecule has 4 aromatic carbocycles. The number of nitrogens with two attached hydrogens (primary N) is 1. The van der Waals surface area contributed by atoms with E-state index >= 15 is 0 Å². The van der Waals surface area contributed by atoms with Crippen LogP contribution in [0.3, 0.4) is 0 Å². The molecular formula is C43H55N5O3. The molecule has 1 amide bonds. The number of benzene rings is 4. The lowest BCUT2D eigenvalue weighted by Gasteiger charge is -2.09. The van der Waals surface area contributed by atoms with Gasteiger partial charge in [0.25, 0.3) is 0 Å². The van der Waals surface area contributed by atoms with Crippen LogP contribution in [0.25, 0.3) is 11.1 Å². The molecule has 0 saturated heterocycles. The fourth-order valence-corrected chi connectivity index (χ4v) is 6.16. The Hall–Kier alpha value is -4.85. The fraction of sp³-hybridized carbons (Fsp3) is 0.419. The summed E-state index contributed by atoms with van der Waals surface area (Å²) in [6, 6.07) is 23.4. The quantitative estimate of drug-likeness (QED) is 0.0560. The van der Waals surface area contributed by atoms with Gasteiger partial charge in [-0.1, -0.05) is 115 Å². The predicted octanol–water partition coefficient (Wildman–Crippen LogP) is 13.3. The molecule has 0 unspecified atom stereocenters. The molecule has 0 saturated carbocycles. The first-order valence-electron chi connectivity index (χ1n) is 18.9. The first-order valence-corrected chi connectivity index (χ1v) is 18.9. The summed E-state index contributed by atoms with van der Waals surface area (Å²) in [6.45, 7) is 4.46. The molecule has 0 spiro atoms. The number of primary amides is 1. The summed E-state index contributed by atoms with van der Waals surface area (Å²) in [7, 11) is 0. The highest BCUT2D eigenvalue weighted by molar-refractivity contribution is 6.00. The van der Waals surface area contributed by atoms with E-state index in [-0.39, 0.29) is 11.5 Å². The van der Waals surface area contributed by atoms with Gasteiger partial charge in [-0.3, -0.25) is 4.79 Å². The zero-order valence-electron chi connectivity index (χ0n) is 30.5. The maximum absolute atomic E-state index is 12.3. The third-order valence-corrected chi connectivity index (χ3v) is 9.21. The smallest absolute Gasteiger partial charge is 0.249 e. The van der Waals surface area contributed by atoms with Gasteiger partial charge in [0.15, 0.2) is 0 Å². The van der Waals surface area contributed by atoms with Gasteiger partial charge in [0.1, 0.15) is 22.9 Å². The Morgan fingerprint density at radius 3 is 1.47 bits per heavy atom. The number of carbonyl (C=O) groups excluding carboxylic acids is 1. The molecule has 0 radical (unpaired) electrons. The Bertz CT molecular complexity index is 1730. The van der Waals surface area contributed by atoms with E-state index in [1.54, 1.807) is 42.5 Å². The van der Waals surface area contributed by atoms with E-state index in [1.165, 1.54) is 77.0 Å². The zero-order chi connectivity index (χ0) is 36.3. The number of nitrogens with zero attached hydrogens (tertiary/aromatic N) is 4. The largest absolute Gasteiger partial charge is 0.506 e. The van der Waals surface area contributed by atoms with Gasteiger partial charge < -0.3 is 15.9 Å². The molecule has 0 aliphatic rings. The normalized spacial score (nSPS) is 11.6. The van der Waals surface area contributed by atoms with Crippen LogP contribution in [-0.2, 0) is 12.8 Å². The Morgan fingerprint density at radius 2 is 0.980 bits per heavy atom. The molecular weight excluding hydrogens is 635 g/mol. The van der Waals surface area contributed by atoms with Crippen molar-refractivity contribution in [1.82, 2.24) is 0 Å². The number of carbonyl (C=O) groups is 1. The minimum absolute atomic E-state index is 0.0639. The molecule has 8 nitrogen and oxygen atoms in total. The van der Waals surface area contributed by atoms with Gasteiger partial charge in [0.05, 0.1) is 11.4 Å². The molecule has 0 fully saturated rings. The van der Waals surface area contributed by atoms with Crippen molar-refractivity contribution in [3.8, 4) is 22.6 Å². The van der Waals surface area contributed by atoms with Gasteiger partial charge in [-0.25, -0.2) is 0 Å². The third-order valence-electron chi connectivity index (χ3n) is 9.21. The summed E-state index contributed by atoms with van der Waals surface area (Å²) in [5, 5.41) is 38.3. The summed E-state index contributed by atoms with van der Waals surface area (Å²) < 4.78 is 0. The summed E-state index contributed by atoms with van der Waals surface area (Å²) in [5.41, 5.74) is 11.6. The molecule has 0 aromatic heterocycles. The second-order valence-electron chi connectivity index (χ2n) is 13.4. The number of phenols is 2. The maximum atomic E-state index is 12.3. The second kappa shape index (κ2) is 21.4. The van der Waals surface area contributed by atoms with E-state index in [2.05, 4.69) is 34.3 Å². The fourth-order valence-electron chi connectivity index (χ4n) is 6.16. The molecule has 0 heterocycles. The number of rotatable bonds is 22. The number of hydrogen-bond donors (Lipinski definition) is 3. The molecule has 0 bridgehead atoms. The predicted molar refractivity (Wildman–Crippen MR) is 208 cm³/mol. The van der Waals surface area contributed by atoms with Crippen LogP contribution in [-0.4, -0.2) is 16.1 Å². The monoisotopic (exact) mass is 689 g/mol. The van der Waals surface area contributed by atoms with Crippen LogP contribution in [0.1, 0.15) is 125 Å². The van der Waals surface area contributed by atoms with Crippen molar-refractivity contribution < 1.29 is 15.0 Å². The summed E-state index contributed by atoms with van der Waals surface area (Å²) in [6.07, 6.45) is 19.3. The van der Waals surface area contributed by atoms with E-state index in [9.17, 15) is 15.0 Å². The second-order valence-corrected chi connectivity index (χ2v) is 13.4. The lowest BCUT2D eigenvalue weighted by atomic mass is 9.98. The van der Waals surface area contributed by atoms with Crippen molar-refractivity contribution in [2.24, 2.45) is 26.2 Å². The number of amides is 1. The third kappa shape index (κ3) is 13.1. The minimum Gasteiger partial charge on any atom is -0.506 e. The van der Waals surface area contributed by atoms with Crippen LogP contribution in [0.4, 0.5) is 22.7 Å². The number of aryl methyl sites for hydroxylation is 2. The van der Waals surface area contributed by atoms with Gasteiger partial charge in [-0.15, -0.1) is 10.2 Å². The van der Waals surface area contributed by atoms with Gasteiger partial charge in [0, 0.05) is 5.56 Å². The topological polar surface area (TPSA) is 133 Å². The first kappa shape index (κ1) is 38.9. The lowest BCUT2D eigenvalue weighted by Crippen LogP contribution is -2.12. The van der Waals surface area contributed by atoms with Crippen molar-refractivity contribution in [2.45, 2.75) is 117 Å². The zero-order valence-corrected chi connectivity index (χ0v) is 30.5. The Labute approximate surface area is 304 Å². The van der Waals surface area contributed by atoms with E-state index in [1.807, 2.05) is 36.4 Å². The van der Waals surface area contributed by atoms with Crippen LogP contribution in [0.5, 0.6) is 11.5 Å². The number of unbranched alkanes of at least 4 members (excludes halogenated alkanes) is 12. The van der Waals surface area contributed by atoms with Gasteiger partial charge in [-0.05, 0) is 103 Å². The van der Waals surface area contributed by atoms with Crippen molar-refractivity contribution in [3.05, 3.63) is 95.6 Å². The highest BCUT2D eigenvalue weighted by Gasteiger charge is 2.12. The number of hydrogen-bond acceptors (Lipinski definition) is 7. The highest BCUT2D eigenvalue weighted by atomic mass is 16.3. The van der Waals surface area contributed by atoms with Crippen LogP contribution < -0.4 is 5.73 Å². The number of azo groups is 2. The molecule has 0 atom stereocenters. The molecule has 8 heteroatoms. The maximum Gasteiger partial charge on any atom is 0.249 e. The summed E-state index contributed by atoms with van der Waals surface area (Å²) in [4.78, 5) is 12.3. The summed E-state index contributed by atoms with van der Waals surface area (Å²) >= 11 is 0. The molecule has 4 rings (SSSR count). The van der Waals surface area contributed by atoms with Crippen LogP contribution in [0.2, 0.25) is 0 Å². The Kier molecular flexibility index (Phi) is 16.3. The average Bonchev–Trinajstić information content (AvgIpc) is 3.14. The van der Waals surface area contributed by atoms with Gasteiger partial charge >= 0.3 is 0 Å². The van der Waals surface area contributed by atoms with Crippen molar-refractivity contribution in [2.75, 3.05) is 0 Å². The lowest BCUT2D eigenvalue weighted by molar-refractivity contribution is 0.100. The summed E-state index contributed by atoms with van der Waals surface area (Å²) in [5.74, 6) is -0.405. The average molecular weight is 690 g/mol. The van der Waals surface area contributed by atoms with E-state index < -0.39 is 5.91 Å². The molecule has 0 aliphatic heterocycles. The minimum atomic E-state index is -0.556. The Morgan fingerprint density at radius 1 is 0.529 bits per heavy atom. The number of phenolic OH excluding ortho intramolecular Hbond substituents is 2. The van der Waals surface area contributed by atoms with Crippen molar-refractivity contribution in [1.29, 1.82) is 0 Å². The van der Waals surface area contributed by atoms with Crippen LogP contribution >= 0.6 is 0 Å². The standard InChI is InChI=1S/C43H55N5O3/c1-3-5-7-9-11-13-15-17-32-19-27-41(49)39(29-32)47-45-35-23-21-34(22-24-35)38-31-36(25-26-37(38)43(44)51)46-48-40-30-33(20-28-42(40)50)18-16-14-12-10-8-6-4-2/h19-31,49-50H,3-18H2,1-2H3,(H2,44,51). The molecule has 51 heavy (non-hydrogen) atoms. The Balaban J connectivity index is 1.40. The van der Waals surface area contributed by atoms with E-state index in [0.717, 1.165) is 42.4 Å². The molecule has 4 N–H and O–H groups in total. The van der Waals surface area contributed by atoms with E-state index in [0.29, 0.717) is 33.9 Å². The highest BCUT2D eigenvalue weighted by Crippen LogP contribution is 2.34. The van der Waals surface area contributed by atoms with Gasteiger partial charge in [0.2, 0.25) is 5.91 Å². The van der Waals surface area contributed by atoms with Crippen LogP contribution in [0.15, 0.2) is 99.3 Å². The van der Waals surface area contributed by atoms with Crippen molar-refractivity contribution >= 4 is 28.7 Å². The molecule has 270 valence electrons. The van der Waals surface area contributed by atoms with E-state index in [4.69, 9.17) is 5.73 Å². The SMILES string of the molecule is CCCCCCCCCc1ccc(O)c(N=Nc2ccc(-c3cc(N=Nc4cc(CCCCCCCCC)ccc4O)ccc3C(N)=O)cc2)c1.